The molecule has 2 unspecified atom stereocenters. The summed E-state index contributed by atoms with van der Waals surface area (Å²) in [6, 6.07) is 7.66. The van der Waals surface area contributed by atoms with E-state index in [4.69, 9.17) is 9.26 Å². The molecular weight excluding hydrogens is 376 g/mol. The minimum Gasteiger partial charge on any atom is -0.539 e. The smallest absolute Gasteiger partial charge is 0.264 e. The van der Waals surface area contributed by atoms with Crippen molar-refractivity contribution in [2.24, 2.45) is 0 Å². The Labute approximate surface area is 149 Å². The molecule has 0 radical (unpaired) electrons. The molecule has 0 saturated heterocycles. The largest absolute Gasteiger partial charge is 0.539 e. The van der Waals surface area contributed by atoms with Gasteiger partial charge in [-0.05, 0) is 44.4 Å². The first-order chi connectivity index (χ1) is 11.4. The third kappa shape index (κ3) is 3.63. The third-order valence-corrected chi connectivity index (χ3v) is 4.91. The number of aliphatic hydroxyl groups is 1. The Morgan fingerprint density at radius 3 is 2.83 bits per heavy atom. The van der Waals surface area contributed by atoms with Crippen molar-refractivity contribution >= 4 is 15.9 Å². The maximum absolute atomic E-state index is 11.8. The number of aromatic nitrogens is 2. The van der Waals surface area contributed by atoms with Crippen LogP contribution in [0.25, 0.3) is 0 Å². The molecule has 1 aromatic carbocycles. The average Bonchev–Trinajstić information content (AvgIpc) is 2.85. The Morgan fingerprint density at radius 1 is 1.42 bits per heavy atom. The van der Waals surface area contributed by atoms with Crippen LogP contribution in [0.3, 0.4) is 0 Å². The molecule has 2 atom stereocenters. The molecule has 0 fully saturated rings. The fourth-order valence-corrected chi connectivity index (χ4v) is 3.45. The van der Waals surface area contributed by atoms with Gasteiger partial charge in [0.2, 0.25) is 0 Å². The van der Waals surface area contributed by atoms with Crippen molar-refractivity contribution in [3.8, 4) is 5.95 Å². The molecule has 1 N–H and O–H groups in total. The summed E-state index contributed by atoms with van der Waals surface area (Å²) >= 11 is 3.39. The van der Waals surface area contributed by atoms with Crippen LogP contribution >= 0.6 is 15.9 Å². The van der Waals surface area contributed by atoms with Crippen LogP contribution in [0.15, 0.2) is 33.3 Å². The number of nitrogens with zero attached hydrogens (tertiary/aromatic N) is 2. The van der Waals surface area contributed by atoms with Gasteiger partial charge in [0.1, 0.15) is 0 Å². The van der Waals surface area contributed by atoms with Gasteiger partial charge in [0.15, 0.2) is 18.1 Å². The lowest BCUT2D eigenvalue weighted by atomic mass is 10.0. The van der Waals surface area contributed by atoms with Crippen LogP contribution < -0.4 is 9.79 Å². The van der Waals surface area contributed by atoms with E-state index >= 15 is 0 Å². The van der Waals surface area contributed by atoms with Crippen LogP contribution in [0.4, 0.5) is 0 Å². The van der Waals surface area contributed by atoms with Crippen LogP contribution in [0.2, 0.25) is 0 Å². The Hall–Kier alpha value is -1.44. The molecule has 6 nitrogen and oxygen atoms in total. The molecule has 1 aromatic heterocycles. The molecule has 0 amide bonds. The van der Waals surface area contributed by atoms with E-state index in [2.05, 4.69) is 21.2 Å². The highest BCUT2D eigenvalue weighted by Gasteiger charge is 2.40. The molecule has 7 heteroatoms. The highest BCUT2D eigenvalue weighted by Crippen LogP contribution is 2.33. The minimum atomic E-state index is -0.763. The number of aliphatic hydroxyl groups excluding tert-OH is 1. The molecule has 0 spiro atoms. The van der Waals surface area contributed by atoms with Gasteiger partial charge in [-0.15, -0.1) is 0 Å². The SMILES string of the molecule is CC1(C)OC(CCC(O)c2ccc(Br)cc2)CC[n+]2noc([O-])c21. The first kappa shape index (κ1) is 17.4. The first-order valence-electron chi connectivity index (χ1n) is 8.05. The summed E-state index contributed by atoms with van der Waals surface area (Å²) in [4.78, 5) is 0. The van der Waals surface area contributed by atoms with Gasteiger partial charge in [-0.25, -0.2) is 0 Å². The Bertz CT molecular complexity index is 699. The summed E-state index contributed by atoms with van der Waals surface area (Å²) in [7, 11) is 0. The Morgan fingerprint density at radius 2 is 2.12 bits per heavy atom. The highest BCUT2D eigenvalue weighted by atomic mass is 79.9. The van der Waals surface area contributed by atoms with Crippen molar-refractivity contribution in [3.63, 3.8) is 0 Å². The number of benzene rings is 1. The maximum Gasteiger partial charge on any atom is 0.264 e. The second kappa shape index (κ2) is 6.82. The predicted octanol–water partition coefficient (Wildman–Crippen LogP) is 2.34. The number of aryl methyl sites for hydroxylation is 1. The maximum atomic E-state index is 11.8. The van der Waals surface area contributed by atoms with E-state index in [0.717, 1.165) is 16.5 Å². The predicted molar refractivity (Wildman–Crippen MR) is 87.0 cm³/mol. The highest BCUT2D eigenvalue weighted by molar-refractivity contribution is 9.10. The lowest BCUT2D eigenvalue weighted by molar-refractivity contribution is -0.770. The average molecular weight is 397 g/mol. The quantitative estimate of drug-likeness (QED) is 0.801. The molecule has 1 aliphatic rings. The van der Waals surface area contributed by atoms with E-state index < -0.39 is 17.7 Å². The number of hydrogen-bond acceptors (Lipinski definition) is 5. The van der Waals surface area contributed by atoms with Gasteiger partial charge in [-0.2, -0.15) is 0 Å². The van der Waals surface area contributed by atoms with E-state index in [-0.39, 0.29) is 6.10 Å². The summed E-state index contributed by atoms with van der Waals surface area (Å²) in [5.41, 5.74) is 0.569. The van der Waals surface area contributed by atoms with Crippen molar-refractivity contribution in [2.45, 2.75) is 57.5 Å². The molecular formula is C17H21BrN2O4. The summed E-state index contributed by atoms with van der Waals surface area (Å²) < 4.78 is 13.5. The van der Waals surface area contributed by atoms with Gasteiger partial charge in [-0.1, -0.05) is 32.7 Å². The molecule has 0 aliphatic carbocycles. The normalized spacial score (nSPS) is 21.1. The number of ether oxygens (including phenoxy) is 1. The summed E-state index contributed by atoms with van der Waals surface area (Å²) in [5.74, 6) is -0.449. The fraction of sp³-hybridized carbons (Fsp3) is 0.529. The molecule has 0 bridgehead atoms. The summed E-state index contributed by atoms with van der Waals surface area (Å²) in [5, 5.41) is 26.0. The monoisotopic (exact) mass is 396 g/mol. The van der Waals surface area contributed by atoms with Gasteiger partial charge in [0.05, 0.1) is 17.5 Å². The summed E-state index contributed by atoms with van der Waals surface area (Å²) in [6.45, 7) is 4.27. The first-order valence-corrected chi connectivity index (χ1v) is 8.85. The van der Waals surface area contributed by atoms with Crippen LogP contribution in [0.5, 0.6) is 5.95 Å². The number of halogens is 1. The lowest BCUT2D eigenvalue weighted by Gasteiger charge is -2.26. The van der Waals surface area contributed by atoms with Crippen LogP contribution in [0, 0.1) is 0 Å². The molecule has 2 aromatic rings. The molecule has 0 saturated carbocycles. The zero-order valence-electron chi connectivity index (χ0n) is 13.7. The fourth-order valence-electron chi connectivity index (χ4n) is 3.18. The topological polar surface area (TPSA) is 82.4 Å². The van der Waals surface area contributed by atoms with Gasteiger partial charge in [-0.3, -0.25) is 0 Å². The van der Waals surface area contributed by atoms with E-state index in [1.54, 1.807) is 4.68 Å². The van der Waals surface area contributed by atoms with E-state index in [1.165, 1.54) is 0 Å². The van der Waals surface area contributed by atoms with Gasteiger partial charge in [0, 0.05) is 10.9 Å². The van der Waals surface area contributed by atoms with Crippen molar-refractivity contribution in [3.05, 3.63) is 40.0 Å². The minimum absolute atomic E-state index is 0.0498. The van der Waals surface area contributed by atoms with E-state index in [0.29, 0.717) is 25.1 Å². The molecule has 3 rings (SSSR count). The Kier molecular flexibility index (Phi) is 4.94. The number of hydrogen-bond donors (Lipinski definition) is 1. The van der Waals surface area contributed by atoms with Gasteiger partial charge >= 0.3 is 0 Å². The van der Waals surface area contributed by atoms with E-state index in [1.807, 2.05) is 38.1 Å². The zero-order valence-corrected chi connectivity index (χ0v) is 15.3. The number of rotatable bonds is 4. The molecule has 130 valence electrons. The van der Waals surface area contributed by atoms with Crippen molar-refractivity contribution in [1.29, 1.82) is 0 Å². The van der Waals surface area contributed by atoms with Crippen LogP contribution in [-0.2, 0) is 16.9 Å². The summed E-state index contributed by atoms with van der Waals surface area (Å²) in [6.07, 6.45) is 1.44. The third-order valence-electron chi connectivity index (χ3n) is 4.39. The molecule has 24 heavy (non-hydrogen) atoms. The number of fused-ring (bicyclic) bond motifs is 1. The standard InChI is InChI=1S/C17H21BrN2O4/c1-17(2)15-16(22)24-19-20(15)10-9-13(23-17)7-8-14(21)11-3-5-12(18)6-4-11/h3-6,13-14,21H,7-10H2,1-2H3. The second-order valence-electron chi connectivity index (χ2n) is 6.62. The zero-order chi connectivity index (χ0) is 17.3. The Balaban J connectivity index is 1.64. The molecule has 2 heterocycles. The van der Waals surface area contributed by atoms with Crippen LogP contribution in [-0.4, -0.2) is 16.5 Å². The van der Waals surface area contributed by atoms with Gasteiger partial charge in [0.25, 0.3) is 5.69 Å². The van der Waals surface area contributed by atoms with Crippen molar-refractivity contribution in [2.75, 3.05) is 0 Å². The van der Waals surface area contributed by atoms with Crippen molar-refractivity contribution in [1.82, 2.24) is 5.27 Å². The second-order valence-corrected chi connectivity index (χ2v) is 7.53. The van der Waals surface area contributed by atoms with Crippen LogP contribution in [0.1, 0.15) is 50.5 Å². The van der Waals surface area contributed by atoms with Gasteiger partial charge < -0.3 is 19.5 Å². The van der Waals surface area contributed by atoms with E-state index in [9.17, 15) is 10.2 Å². The van der Waals surface area contributed by atoms with Crippen molar-refractivity contribution < 1.29 is 24.2 Å². The molecule has 1 aliphatic heterocycles. The lowest BCUT2D eigenvalue weighted by Crippen LogP contribution is -2.43.